The third kappa shape index (κ3) is 7.87. The van der Waals surface area contributed by atoms with Crippen molar-refractivity contribution in [2.24, 2.45) is 5.92 Å². The molecule has 0 fully saturated rings. The van der Waals surface area contributed by atoms with Gasteiger partial charge in [-0.2, -0.15) is 4.98 Å². The van der Waals surface area contributed by atoms with Gasteiger partial charge >= 0.3 is 6.09 Å². The summed E-state index contributed by atoms with van der Waals surface area (Å²) in [4.78, 5) is 32.8. The van der Waals surface area contributed by atoms with Crippen molar-refractivity contribution in [1.29, 1.82) is 0 Å². The van der Waals surface area contributed by atoms with Crippen LogP contribution in [0.15, 0.2) is 35.2 Å². The SMILES string of the molecule is COc1cc(-c2cccc(S(=O)(=O)NC(=O)[C@H](CC(C)C)NC(=O)OC(C)(C)C)c2)nc(N)n1. The number of hydrogen-bond acceptors (Lipinski definition) is 9. The fourth-order valence-corrected chi connectivity index (χ4v) is 4.00. The Morgan fingerprint density at radius 2 is 1.82 bits per heavy atom. The van der Waals surface area contributed by atoms with Crippen LogP contribution in [0.25, 0.3) is 11.3 Å². The van der Waals surface area contributed by atoms with E-state index < -0.39 is 33.7 Å². The molecule has 11 nitrogen and oxygen atoms in total. The summed E-state index contributed by atoms with van der Waals surface area (Å²) < 4.78 is 38.2. The van der Waals surface area contributed by atoms with Gasteiger partial charge in [0.1, 0.15) is 11.6 Å². The molecule has 4 N–H and O–H groups in total. The lowest BCUT2D eigenvalue weighted by Crippen LogP contribution is -2.50. The van der Waals surface area contributed by atoms with Crippen molar-refractivity contribution >= 4 is 28.0 Å². The molecule has 0 radical (unpaired) electrons. The molecule has 0 aliphatic rings. The molecule has 1 heterocycles. The number of ether oxygens (including phenoxy) is 2. The minimum atomic E-state index is -4.27. The van der Waals surface area contributed by atoms with E-state index in [1.165, 1.54) is 31.4 Å². The second kappa shape index (κ2) is 10.7. The number of aromatic nitrogens is 2. The Morgan fingerprint density at radius 3 is 2.41 bits per heavy atom. The third-order valence-corrected chi connectivity index (χ3v) is 5.66. The maximum absolute atomic E-state index is 13.0. The predicted octanol–water partition coefficient (Wildman–Crippen LogP) is 2.48. The predicted molar refractivity (Wildman–Crippen MR) is 126 cm³/mol. The summed E-state index contributed by atoms with van der Waals surface area (Å²) >= 11 is 0. The summed E-state index contributed by atoms with van der Waals surface area (Å²) in [5.74, 6) is -0.706. The van der Waals surface area contributed by atoms with Gasteiger partial charge < -0.3 is 20.5 Å². The van der Waals surface area contributed by atoms with Gasteiger partial charge in [0.25, 0.3) is 15.9 Å². The number of methoxy groups -OCH3 is 1. The molecule has 0 spiro atoms. The highest BCUT2D eigenvalue weighted by molar-refractivity contribution is 7.90. The molecule has 1 atom stereocenters. The molecule has 0 aliphatic heterocycles. The average molecular weight is 494 g/mol. The van der Waals surface area contributed by atoms with E-state index in [-0.39, 0.29) is 29.1 Å². The zero-order valence-electron chi connectivity index (χ0n) is 20.1. The number of nitrogens with one attached hydrogen (secondary N) is 2. The van der Waals surface area contributed by atoms with Crippen LogP contribution in [0.1, 0.15) is 41.0 Å². The van der Waals surface area contributed by atoms with Crippen LogP contribution < -0.4 is 20.5 Å². The van der Waals surface area contributed by atoms with Gasteiger partial charge in [-0.05, 0) is 45.2 Å². The van der Waals surface area contributed by atoms with Crippen LogP contribution >= 0.6 is 0 Å². The first-order valence-corrected chi connectivity index (χ1v) is 12.0. The van der Waals surface area contributed by atoms with Gasteiger partial charge in [0.05, 0.1) is 17.7 Å². The molecule has 2 amide bonds. The van der Waals surface area contributed by atoms with E-state index in [0.29, 0.717) is 11.3 Å². The Bertz CT molecular complexity index is 1140. The quantitative estimate of drug-likeness (QED) is 0.501. The van der Waals surface area contributed by atoms with Gasteiger partial charge in [-0.15, -0.1) is 0 Å². The lowest BCUT2D eigenvalue weighted by molar-refractivity contribution is -0.121. The number of amides is 2. The van der Waals surface area contributed by atoms with Crippen LogP contribution in [0.5, 0.6) is 5.88 Å². The molecular weight excluding hydrogens is 462 g/mol. The van der Waals surface area contributed by atoms with E-state index in [0.717, 1.165) is 0 Å². The van der Waals surface area contributed by atoms with Gasteiger partial charge in [-0.3, -0.25) is 4.79 Å². The normalized spacial score (nSPS) is 12.7. The number of rotatable bonds is 8. The van der Waals surface area contributed by atoms with E-state index in [9.17, 15) is 18.0 Å². The monoisotopic (exact) mass is 493 g/mol. The van der Waals surface area contributed by atoms with Gasteiger partial charge in [-0.1, -0.05) is 26.0 Å². The Labute approximate surface area is 199 Å². The number of carbonyl (C=O) groups excluding carboxylic acids is 2. The maximum atomic E-state index is 13.0. The second-order valence-electron chi connectivity index (χ2n) is 8.98. The molecule has 12 heteroatoms. The molecule has 34 heavy (non-hydrogen) atoms. The first kappa shape index (κ1) is 26.8. The molecule has 0 saturated heterocycles. The smallest absolute Gasteiger partial charge is 0.408 e. The number of nitrogen functional groups attached to an aromatic ring is 1. The fourth-order valence-electron chi connectivity index (χ4n) is 2.93. The minimum Gasteiger partial charge on any atom is -0.481 e. The summed E-state index contributed by atoms with van der Waals surface area (Å²) in [6, 6.07) is 6.20. The Kier molecular flexibility index (Phi) is 8.43. The van der Waals surface area contributed by atoms with Gasteiger partial charge in [-0.25, -0.2) is 22.9 Å². The van der Waals surface area contributed by atoms with Crippen molar-refractivity contribution in [2.75, 3.05) is 12.8 Å². The highest BCUT2D eigenvalue weighted by Crippen LogP contribution is 2.24. The van der Waals surface area contributed by atoms with E-state index in [1.807, 2.05) is 18.6 Å². The molecule has 0 aliphatic carbocycles. The van der Waals surface area contributed by atoms with E-state index >= 15 is 0 Å². The van der Waals surface area contributed by atoms with Crippen LogP contribution in [0, 0.1) is 5.92 Å². The summed E-state index contributed by atoms with van der Waals surface area (Å²) in [7, 11) is -2.85. The second-order valence-corrected chi connectivity index (χ2v) is 10.7. The fraction of sp³-hybridized carbons (Fsp3) is 0.455. The molecular formula is C22H31N5O6S. The summed E-state index contributed by atoms with van der Waals surface area (Å²) in [5.41, 5.74) is 5.68. The lowest BCUT2D eigenvalue weighted by atomic mass is 10.0. The lowest BCUT2D eigenvalue weighted by Gasteiger charge is -2.24. The number of nitrogens with two attached hydrogens (primary N) is 1. The van der Waals surface area contributed by atoms with Gasteiger partial charge in [0.15, 0.2) is 0 Å². The zero-order valence-corrected chi connectivity index (χ0v) is 20.9. The molecule has 186 valence electrons. The Hall–Kier alpha value is -3.41. The number of benzene rings is 1. The van der Waals surface area contributed by atoms with Crippen molar-refractivity contribution in [3.8, 4) is 17.1 Å². The number of carbonyl (C=O) groups is 2. The van der Waals surface area contributed by atoms with Crippen molar-refractivity contribution in [3.05, 3.63) is 30.3 Å². The Morgan fingerprint density at radius 1 is 1.15 bits per heavy atom. The molecule has 2 rings (SSSR count). The number of sulfonamides is 1. The average Bonchev–Trinajstić information content (AvgIpc) is 2.71. The number of nitrogens with zero attached hydrogens (tertiary/aromatic N) is 2. The van der Waals surface area contributed by atoms with Gasteiger partial charge in [0, 0.05) is 11.6 Å². The van der Waals surface area contributed by atoms with Crippen LogP contribution in [0.3, 0.4) is 0 Å². The van der Waals surface area contributed by atoms with Crippen molar-refractivity contribution in [3.63, 3.8) is 0 Å². The van der Waals surface area contributed by atoms with E-state index in [4.69, 9.17) is 15.2 Å². The highest BCUT2D eigenvalue weighted by Gasteiger charge is 2.29. The first-order chi connectivity index (χ1) is 15.7. The molecule has 0 bridgehead atoms. The van der Waals surface area contributed by atoms with Crippen LogP contribution in [-0.2, 0) is 19.6 Å². The number of hydrogen-bond donors (Lipinski definition) is 3. The van der Waals surface area contributed by atoms with E-state index in [1.54, 1.807) is 26.8 Å². The van der Waals surface area contributed by atoms with E-state index in [2.05, 4.69) is 15.3 Å². The highest BCUT2D eigenvalue weighted by atomic mass is 32.2. The topological polar surface area (TPSA) is 163 Å². The molecule has 2 aromatic rings. The largest absolute Gasteiger partial charge is 0.481 e. The molecule has 0 saturated carbocycles. The van der Waals surface area contributed by atoms with Crippen molar-refractivity contribution in [2.45, 2.75) is 57.6 Å². The molecule has 0 unspecified atom stereocenters. The zero-order chi connectivity index (χ0) is 25.7. The standard InChI is InChI=1S/C22H31N5O6S/c1-13(2)10-17(25-21(29)33-22(3,4)5)19(28)27-34(30,31)15-9-7-8-14(11-15)16-12-18(32-6)26-20(23)24-16/h7-9,11-13,17H,10H2,1-6H3,(H,25,29)(H,27,28)(H2,23,24,26)/t17-/m0/s1. The summed E-state index contributed by atoms with van der Waals surface area (Å²) in [6.45, 7) is 8.74. The van der Waals surface area contributed by atoms with Crippen molar-refractivity contribution < 1.29 is 27.5 Å². The Balaban J connectivity index is 2.28. The molecule has 1 aromatic heterocycles. The minimum absolute atomic E-state index is 0.00470. The number of anilines is 1. The first-order valence-electron chi connectivity index (χ1n) is 10.6. The summed E-state index contributed by atoms with van der Waals surface area (Å²) in [6.07, 6.45) is -0.608. The summed E-state index contributed by atoms with van der Waals surface area (Å²) in [5, 5.41) is 2.45. The van der Waals surface area contributed by atoms with Gasteiger partial charge in [0.2, 0.25) is 11.8 Å². The maximum Gasteiger partial charge on any atom is 0.408 e. The number of alkyl carbamates (subject to hydrolysis) is 1. The third-order valence-electron chi connectivity index (χ3n) is 4.32. The molecule has 1 aromatic carbocycles. The van der Waals surface area contributed by atoms with Crippen LogP contribution in [-0.4, -0.2) is 49.1 Å². The van der Waals surface area contributed by atoms with Crippen LogP contribution in [0.2, 0.25) is 0 Å². The van der Waals surface area contributed by atoms with Crippen molar-refractivity contribution in [1.82, 2.24) is 20.0 Å². The van der Waals surface area contributed by atoms with Crippen LogP contribution in [0.4, 0.5) is 10.7 Å².